The minimum absolute atomic E-state index is 0.511. The fourth-order valence-corrected chi connectivity index (χ4v) is 4.42. The third kappa shape index (κ3) is 7.72. The van der Waals surface area contributed by atoms with Crippen molar-refractivity contribution in [3.63, 3.8) is 0 Å². The summed E-state index contributed by atoms with van der Waals surface area (Å²) in [6.07, 6.45) is 5.72. The largest absolute Gasteiger partial charge is 0.492 e. The summed E-state index contributed by atoms with van der Waals surface area (Å²) in [6, 6.07) is 18.0. The summed E-state index contributed by atoms with van der Waals surface area (Å²) in [5, 5.41) is 6.96. The summed E-state index contributed by atoms with van der Waals surface area (Å²) < 4.78 is 23.6. The number of nitrogens with zero attached hydrogens (tertiary/aromatic N) is 2. The van der Waals surface area contributed by atoms with Crippen LogP contribution in [0.4, 0.5) is 28.4 Å². The van der Waals surface area contributed by atoms with E-state index in [0.29, 0.717) is 37.9 Å². The molecule has 0 radical (unpaired) electrons. The number of rotatable bonds is 13. The molecule has 0 aliphatic heterocycles. The molecule has 0 spiro atoms. The lowest BCUT2D eigenvalue weighted by atomic mass is 10.1. The van der Waals surface area contributed by atoms with Crippen LogP contribution in [-0.2, 0) is 4.74 Å². The first kappa shape index (κ1) is 30.2. The van der Waals surface area contributed by atoms with Crippen molar-refractivity contribution in [3.05, 3.63) is 84.1 Å². The van der Waals surface area contributed by atoms with Gasteiger partial charge in [0.2, 0.25) is 0 Å². The van der Waals surface area contributed by atoms with E-state index in [1.807, 2.05) is 94.5 Å². The Labute approximate surface area is 248 Å². The molecule has 0 unspecified atom stereocenters. The van der Waals surface area contributed by atoms with Gasteiger partial charge in [-0.1, -0.05) is 6.07 Å². The number of hydrogen-bond donors (Lipinski definition) is 2. The molecule has 0 aromatic heterocycles. The number of aryl methyl sites for hydroxylation is 1. The Kier molecular flexibility index (Phi) is 10.6. The van der Waals surface area contributed by atoms with E-state index < -0.39 is 0 Å². The predicted molar refractivity (Wildman–Crippen MR) is 173 cm³/mol. The molecule has 0 amide bonds. The molecule has 3 aromatic carbocycles. The van der Waals surface area contributed by atoms with E-state index >= 15 is 0 Å². The van der Waals surface area contributed by atoms with Crippen LogP contribution in [0.3, 0.4) is 0 Å². The van der Waals surface area contributed by atoms with Gasteiger partial charge in [-0.2, -0.15) is 0 Å². The molecule has 0 heterocycles. The van der Waals surface area contributed by atoms with Crippen LogP contribution in [0.15, 0.2) is 88.6 Å². The maximum Gasteiger partial charge on any atom is 0.146 e. The monoisotopic (exact) mass is 568 g/mol. The predicted octanol–water partition coefficient (Wildman–Crippen LogP) is 8.31. The number of hydrogen-bond acceptors (Lipinski definition) is 8. The minimum Gasteiger partial charge on any atom is -0.492 e. The molecule has 2 N–H and O–H groups in total. The summed E-state index contributed by atoms with van der Waals surface area (Å²) in [5.74, 6) is 2.92. The van der Waals surface area contributed by atoms with E-state index in [2.05, 4.69) is 28.6 Å². The van der Waals surface area contributed by atoms with Gasteiger partial charge in [0.1, 0.15) is 28.7 Å². The number of aliphatic imine (C=N–C) groups is 2. The molecule has 1 aliphatic rings. The van der Waals surface area contributed by atoms with Gasteiger partial charge in [0.05, 0.1) is 49.2 Å². The van der Waals surface area contributed by atoms with E-state index in [4.69, 9.17) is 23.9 Å². The zero-order valence-electron chi connectivity index (χ0n) is 25.3. The Morgan fingerprint density at radius 1 is 0.643 bits per heavy atom. The molecule has 1 aliphatic carbocycles. The number of benzene rings is 3. The molecule has 4 rings (SSSR count). The van der Waals surface area contributed by atoms with Crippen LogP contribution < -0.4 is 24.8 Å². The van der Waals surface area contributed by atoms with Gasteiger partial charge in [0, 0.05) is 36.6 Å². The molecule has 3 aromatic rings. The standard InChI is InChI=1S/C34H40N4O4/c1-7-39-31-19-23(5)11-15-28(31)36-25-13-17-30(33(21-25)41-9-3)38-26-14-18-29(34(22-26)42-10-4)37-24-12-16-27(35-6)32(20-24)40-8-2/h11-22,36,38H,7-10H2,1-6H3. The average molecular weight is 569 g/mol. The van der Waals surface area contributed by atoms with Gasteiger partial charge in [-0.15, -0.1) is 0 Å². The molecular weight excluding hydrogens is 528 g/mol. The van der Waals surface area contributed by atoms with Crippen molar-refractivity contribution in [2.24, 2.45) is 9.98 Å². The van der Waals surface area contributed by atoms with Gasteiger partial charge in [0.15, 0.2) is 0 Å². The van der Waals surface area contributed by atoms with Crippen LogP contribution in [0, 0.1) is 6.92 Å². The normalized spacial score (nSPS) is 14.5. The Morgan fingerprint density at radius 2 is 1.21 bits per heavy atom. The molecular formula is C34H40N4O4. The molecule has 0 saturated heterocycles. The highest BCUT2D eigenvalue weighted by Gasteiger charge is 2.14. The molecule has 8 nitrogen and oxygen atoms in total. The molecule has 0 saturated carbocycles. The molecule has 220 valence electrons. The van der Waals surface area contributed by atoms with Crippen molar-refractivity contribution in [2.45, 2.75) is 34.6 Å². The second-order valence-corrected chi connectivity index (χ2v) is 9.36. The van der Waals surface area contributed by atoms with Crippen molar-refractivity contribution in [3.8, 4) is 17.2 Å². The third-order valence-corrected chi connectivity index (χ3v) is 6.27. The van der Waals surface area contributed by atoms with Crippen molar-refractivity contribution in [2.75, 3.05) is 44.1 Å². The molecule has 0 bridgehead atoms. The van der Waals surface area contributed by atoms with Gasteiger partial charge >= 0.3 is 0 Å². The van der Waals surface area contributed by atoms with Crippen molar-refractivity contribution in [1.29, 1.82) is 0 Å². The summed E-state index contributed by atoms with van der Waals surface area (Å²) in [4.78, 5) is 9.11. The summed E-state index contributed by atoms with van der Waals surface area (Å²) in [6.45, 7) is 12.1. The van der Waals surface area contributed by atoms with E-state index in [1.54, 1.807) is 7.05 Å². The van der Waals surface area contributed by atoms with Crippen LogP contribution in [0.2, 0.25) is 0 Å². The lowest BCUT2D eigenvalue weighted by Crippen LogP contribution is -2.11. The van der Waals surface area contributed by atoms with Crippen molar-refractivity contribution in [1.82, 2.24) is 0 Å². The highest BCUT2D eigenvalue weighted by Crippen LogP contribution is 2.37. The highest BCUT2D eigenvalue weighted by molar-refractivity contribution is 6.20. The van der Waals surface area contributed by atoms with Gasteiger partial charge < -0.3 is 29.6 Å². The van der Waals surface area contributed by atoms with Crippen molar-refractivity contribution < 1.29 is 18.9 Å². The SMILES string of the molecule is CCOC1=CC(=Nc2ccc(Nc3ccc(Nc4ccc(C)cc4OCC)cc3OCC)cc2OCC)C=CC1=NC. The van der Waals surface area contributed by atoms with Crippen LogP contribution in [0.25, 0.3) is 0 Å². The number of ether oxygens (including phenoxy) is 4. The Hall–Kier alpha value is -4.72. The van der Waals surface area contributed by atoms with E-state index in [1.165, 1.54) is 0 Å². The molecule has 42 heavy (non-hydrogen) atoms. The van der Waals surface area contributed by atoms with E-state index in [-0.39, 0.29) is 0 Å². The first-order valence-electron chi connectivity index (χ1n) is 14.4. The number of nitrogens with one attached hydrogen (secondary N) is 2. The summed E-state index contributed by atoms with van der Waals surface area (Å²) in [7, 11) is 1.75. The maximum atomic E-state index is 6.01. The highest BCUT2D eigenvalue weighted by atomic mass is 16.5. The topological polar surface area (TPSA) is 85.7 Å². The lowest BCUT2D eigenvalue weighted by molar-refractivity contribution is 0.250. The fraction of sp³-hybridized carbons (Fsp3) is 0.294. The van der Waals surface area contributed by atoms with Gasteiger partial charge in [0.25, 0.3) is 0 Å². The zero-order chi connectivity index (χ0) is 29.9. The quantitative estimate of drug-likeness (QED) is 0.202. The van der Waals surface area contributed by atoms with Crippen LogP contribution in [0.5, 0.6) is 17.2 Å². The smallest absolute Gasteiger partial charge is 0.146 e. The first-order valence-corrected chi connectivity index (χ1v) is 14.4. The van der Waals surface area contributed by atoms with Crippen LogP contribution >= 0.6 is 0 Å². The minimum atomic E-state index is 0.511. The second kappa shape index (κ2) is 14.8. The van der Waals surface area contributed by atoms with Crippen molar-refractivity contribution >= 4 is 39.9 Å². The maximum absolute atomic E-state index is 6.01. The molecule has 0 atom stereocenters. The number of allylic oxidation sites excluding steroid dienone is 3. The zero-order valence-corrected chi connectivity index (χ0v) is 25.3. The molecule has 0 fully saturated rings. The Bertz CT molecular complexity index is 1510. The average Bonchev–Trinajstić information content (AvgIpc) is 2.98. The second-order valence-electron chi connectivity index (χ2n) is 9.36. The first-order chi connectivity index (χ1) is 20.5. The van der Waals surface area contributed by atoms with E-state index in [9.17, 15) is 0 Å². The summed E-state index contributed by atoms with van der Waals surface area (Å²) in [5.41, 5.74) is 6.90. The molecule has 8 heteroatoms. The van der Waals surface area contributed by atoms with Gasteiger partial charge in [-0.3, -0.25) is 4.99 Å². The summed E-state index contributed by atoms with van der Waals surface area (Å²) >= 11 is 0. The Morgan fingerprint density at radius 3 is 1.86 bits per heavy atom. The third-order valence-electron chi connectivity index (χ3n) is 6.27. The van der Waals surface area contributed by atoms with Crippen LogP contribution in [-0.4, -0.2) is 44.9 Å². The van der Waals surface area contributed by atoms with E-state index in [0.717, 1.165) is 56.9 Å². The fourth-order valence-electron chi connectivity index (χ4n) is 4.42. The lowest BCUT2D eigenvalue weighted by Gasteiger charge is -2.17. The Balaban J connectivity index is 1.59. The number of anilines is 4. The van der Waals surface area contributed by atoms with Gasteiger partial charge in [-0.05, 0) is 88.7 Å². The van der Waals surface area contributed by atoms with Gasteiger partial charge in [-0.25, -0.2) is 4.99 Å². The van der Waals surface area contributed by atoms with Crippen LogP contribution in [0.1, 0.15) is 33.3 Å².